The van der Waals surface area contributed by atoms with Crippen LogP contribution in [-0.2, 0) is 6.42 Å². The van der Waals surface area contributed by atoms with Crippen molar-refractivity contribution >= 4 is 11.9 Å². The number of hydrogen-bond acceptors (Lipinski definition) is 3. The molecule has 2 aromatic carbocycles. The van der Waals surface area contributed by atoms with E-state index in [-0.39, 0.29) is 17.1 Å². The quantitative estimate of drug-likeness (QED) is 0.688. The number of Topliss-reactive ketones (excluding diaryl/α,β-unsaturated/α-hetero) is 1. The lowest BCUT2D eigenvalue weighted by Crippen LogP contribution is -2.16. The van der Waals surface area contributed by atoms with Crippen molar-refractivity contribution < 1.29 is 14.3 Å². The van der Waals surface area contributed by atoms with Crippen LogP contribution in [0.2, 0.25) is 0 Å². The van der Waals surface area contributed by atoms with Gasteiger partial charge in [0.05, 0.1) is 14.2 Å². The van der Waals surface area contributed by atoms with Gasteiger partial charge in [0.2, 0.25) is 0 Å². The van der Waals surface area contributed by atoms with Crippen molar-refractivity contribution in [3.05, 3.63) is 64.7 Å². The molecule has 0 fully saturated rings. The highest BCUT2D eigenvalue weighted by Crippen LogP contribution is 2.34. The van der Waals surface area contributed by atoms with Crippen LogP contribution in [0.4, 0.5) is 0 Å². The highest BCUT2D eigenvalue weighted by molar-refractivity contribution is 6.01. The average Bonchev–Trinajstić information content (AvgIpc) is 2.65. The third kappa shape index (κ3) is 3.52. The fourth-order valence-electron chi connectivity index (χ4n) is 3.45. The molecule has 2 aromatic rings. The van der Waals surface area contributed by atoms with Gasteiger partial charge in [0.15, 0.2) is 17.3 Å². The molecule has 3 rings (SSSR count). The van der Waals surface area contributed by atoms with E-state index in [9.17, 15) is 4.79 Å². The molecule has 0 N–H and O–H groups in total. The fourth-order valence-corrected chi connectivity index (χ4v) is 3.45. The summed E-state index contributed by atoms with van der Waals surface area (Å²) in [6.07, 6.45) is 5.36. The molecule has 1 aliphatic rings. The molecule has 0 heterocycles. The molecule has 1 aliphatic carbocycles. The summed E-state index contributed by atoms with van der Waals surface area (Å²) in [4.78, 5) is 13.0. The Morgan fingerprint density at radius 3 is 2.46 bits per heavy atom. The normalized spacial score (nSPS) is 15.9. The number of methoxy groups -OCH3 is 2. The molecule has 0 spiro atoms. The largest absolute Gasteiger partial charge is 0.493 e. The Hall–Kier alpha value is -2.55. The maximum Gasteiger partial charge on any atom is 0.170 e. The van der Waals surface area contributed by atoms with E-state index in [1.165, 1.54) is 5.56 Å². The van der Waals surface area contributed by atoms with E-state index in [2.05, 4.69) is 32.1 Å². The summed E-state index contributed by atoms with van der Waals surface area (Å²) in [5.41, 5.74) is 4.28. The van der Waals surface area contributed by atoms with Gasteiger partial charge in [-0.05, 0) is 46.7 Å². The minimum Gasteiger partial charge on any atom is -0.493 e. The predicted octanol–water partition coefficient (Wildman–Crippen LogP) is 5.29. The number of hydrogen-bond donors (Lipinski definition) is 0. The Balaban J connectivity index is 1.88. The number of carbonyl (C=O) groups excluding carboxylic acids is 1. The molecule has 0 saturated heterocycles. The summed E-state index contributed by atoms with van der Waals surface area (Å²) in [6.45, 7) is 6.39. The SMILES string of the molecule is COc1ccc(C(C)C(=O)c2ccc3c(c2)C=CC(C)(C)C3)cc1OC. The molecule has 0 radical (unpaired) electrons. The minimum atomic E-state index is -0.253. The molecule has 3 heteroatoms. The van der Waals surface area contributed by atoms with Crippen molar-refractivity contribution in [3.63, 3.8) is 0 Å². The third-order valence-electron chi connectivity index (χ3n) is 5.09. The van der Waals surface area contributed by atoms with Crippen molar-refractivity contribution in [1.82, 2.24) is 0 Å². The first kappa shape index (κ1) is 18.2. The number of fused-ring (bicyclic) bond motifs is 1. The van der Waals surface area contributed by atoms with Crippen LogP contribution in [-0.4, -0.2) is 20.0 Å². The fraction of sp³-hybridized carbons (Fsp3) is 0.348. The molecule has 0 aliphatic heterocycles. The zero-order valence-corrected chi connectivity index (χ0v) is 16.1. The maximum atomic E-state index is 13.0. The molecule has 136 valence electrons. The van der Waals surface area contributed by atoms with E-state index in [0.29, 0.717) is 11.5 Å². The standard InChI is InChI=1S/C23H26O3/c1-15(16-8-9-20(25-4)21(13-16)26-5)22(24)18-6-7-19-14-23(2,3)11-10-17(19)12-18/h6-13,15H,14H2,1-5H3. The lowest BCUT2D eigenvalue weighted by molar-refractivity contribution is 0.0966. The highest BCUT2D eigenvalue weighted by Gasteiger charge is 2.23. The van der Waals surface area contributed by atoms with Crippen molar-refractivity contribution in [2.75, 3.05) is 14.2 Å². The van der Waals surface area contributed by atoms with Crippen molar-refractivity contribution in [2.24, 2.45) is 5.41 Å². The molecule has 0 aromatic heterocycles. The van der Waals surface area contributed by atoms with Gasteiger partial charge in [-0.25, -0.2) is 0 Å². The number of benzene rings is 2. The van der Waals surface area contributed by atoms with Gasteiger partial charge in [0.1, 0.15) is 0 Å². The molecule has 0 amide bonds. The lowest BCUT2D eigenvalue weighted by atomic mass is 9.78. The molecule has 1 atom stereocenters. The average molecular weight is 350 g/mol. The van der Waals surface area contributed by atoms with E-state index in [0.717, 1.165) is 23.1 Å². The predicted molar refractivity (Wildman–Crippen MR) is 105 cm³/mol. The first-order chi connectivity index (χ1) is 12.3. The number of carbonyl (C=O) groups is 1. The summed E-state index contributed by atoms with van der Waals surface area (Å²) in [5, 5.41) is 0. The molecule has 1 unspecified atom stereocenters. The Morgan fingerprint density at radius 1 is 1.04 bits per heavy atom. The van der Waals surface area contributed by atoms with Crippen LogP contribution in [0, 0.1) is 5.41 Å². The van der Waals surface area contributed by atoms with E-state index in [1.807, 2.05) is 37.3 Å². The summed E-state index contributed by atoms with van der Waals surface area (Å²) in [5.74, 6) is 1.16. The second kappa shape index (κ2) is 6.99. The van der Waals surface area contributed by atoms with E-state index >= 15 is 0 Å². The highest BCUT2D eigenvalue weighted by atomic mass is 16.5. The van der Waals surface area contributed by atoms with Crippen molar-refractivity contribution in [3.8, 4) is 11.5 Å². The molecule has 0 saturated carbocycles. The molecule has 0 bridgehead atoms. The monoisotopic (exact) mass is 350 g/mol. The van der Waals surface area contributed by atoms with Gasteiger partial charge in [0.25, 0.3) is 0 Å². The van der Waals surface area contributed by atoms with Crippen LogP contribution in [0.5, 0.6) is 11.5 Å². The van der Waals surface area contributed by atoms with Gasteiger partial charge in [-0.15, -0.1) is 0 Å². The maximum absolute atomic E-state index is 13.0. The topological polar surface area (TPSA) is 35.5 Å². The number of rotatable bonds is 5. The summed E-state index contributed by atoms with van der Waals surface area (Å²) >= 11 is 0. The third-order valence-corrected chi connectivity index (χ3v) is 5.09. The number of ketones is 1. The van der Waals surface area contributed by atoms with E-state index in [4.69, 9.17) is 9.47 Å². The van der Waals surface area contributed by atoms with Crippen LogP contribution in [0.1, 0.15) is 53.7 Å². The van der Waals surface area contributed by atoms with Crippen LogP contribution in [0.15, 0.2) is 42.5 Å². The molecule has 3 nitrogen and oxygen atoms in total. The first-order valence-electron chi connectivity index (χ1n) is 8.93. The zero-order valence-electron chi connectivity index (χ0n) is 16.1. The van der Waals surface area contributed by atoms with Gasteiger partial charge in [-0.1, -0.05) is 51.1 Å². The number of ether oxygens (including phenoxy) is 2. The lowest BCUT2D eigenvalue weighted by Gasteiger charge is -2.26. The van der Waals surface area contributed by atoms with Crippen LogP contribution in [0.25, 0.3) is 6.08 Å². The second-order valence-corrected chi connectivity index (χ2v) is 7.61. The smallest absolute Gasteiger partial charge is 0.170 e. The molecular weight excluding hydrogens is 324 g/mol. The molecule has 26 heavy (non-hydrogen) atoms. The minimum absolute atomic E-state index is 0.109. The Bertz CT molecular complexity index is 862. The van der Waals surface area contributed by atoms with Gasteiger partial charge < -0.3 is 9.47 Å². The van der Waals surface area contributed by atoms with Gasteiger partial charge >= 0.3 is 0 Å². The van der Waals surface area contributed by atoms with Crippen molar-refractivity contribution in [1.29, 1.82) is 0 Å². The Morgan fingerprint density at radius 2 is 1.77 bits per heavy atom. The Kier molecular flexibility index (Phi) is 4.90. The van der Waals surface area contributed by atoms with Crippen LogP contribution >= 0.6 is 0 Å². The first-order valence-corrected chi connectivity index (χ1v) is 8.93. The summed E-state index contributed by atoms with van der Waals surface area (Å²) < 4.78 is 10.6. The second-order valence-electron chi connectivity index (χ2n) is 7.61. The van der Waals surface area contributed by atoms with Crippen molar-refractivity contribution in [2.45, 2.75) is 33.1 Å². The number of allylic oxidation sites excluding steroid dienone is 1. The Labute approximate surface area is 155 Å². The molecular formula is C23H26O3. The van der Waals surface area contributed by atoms with E-state index in [1.54, 1.807) is 14.2 Å². The van der Waals surface area contributed by atoms with Crippen LogP contribution < -0.4 is 9.47 Å². The van der Waals surface area contributed by atoms with Gasteiger partial charge in [-0.2, -0.15) is 0 Å². The van der Waals surface area contributed by atoms with E-state index < -0.39 is 0 Å². The summed E-state index contributed by atoms with van der Waals surface area (Å²) in [7, 11) is 3.21. The summed E-state index contributed by atoms with van der Waals surface area (Å²) in [6, 6.07) is 11.7. The van der Waals surface area contributed by atoms with Gasteiger partial charge in [-0.3, -0.25) is 4.79 Å². The van der Waals surface area contributed by atoms with Gasteiger partial charge in [0, 0.05) is 11.5 Å². The van der Waals surface area contributed by atoms with Crippen LogP contribution in [0.3, 0.4) is 0 Å². The zero-order chi connectivity index (χ0) is 18.9.